The maximum Gasteiger partial charge on any atom is 0.0435 e. The maximum absolute atomic E-state index is 2.41. The largest absolute Gasteiger partial charge is 0.135 e. The highest BCUT2D eigenvalue weighted by Crippen LogP contribution is 2.52. The van der Waals surface area contributed by atoms with Gasteiger partial charge in [0.25, 0.3) is 0 Å². The van der Waals surface area contributed by atoms with Gasteiger partial charge in [-0.05, 0) is 58.0 Å². The van der Waals surface area contributed by atoms with Gasteiger partial charge in [0.05, 0.1) is 0 Å². The molecular formula is C34H28S. The van der Waals surface area contributed by atoms with Gasteiger partial charge >= 0.3 is 0 Å². The van der Waals surface area contributed by atoms with Crippen molar-refractivity contribution in [3.8, 4) is 22.3 Å². The molecule has 0 bridgehead atoms. The van der Waals surface area contributed by atoms with E-state index in [-0.39, 0.29) is 5.41 Å². The fourth-order valence-corrected chi connectivity index (χ4v) is 6.97. The predicted octanol–water partition coefficient (Wildman–Crippen LogP) is 10.1. The van der Waals surface area contributed by atoms with Crippen LogP contribution < -0.4 is 0 Å². The second kappa shape index (κ2) is 8.52. The molecule has 1 aliphatic carbocycles. The Labute approximate surface area is 211 Å². The molecule has 1 heterocycles. The number of thiophene rings is 1. The Bertz CT molecular complexity index is 1640. The van der Waals surface area contributed by atoms with E-state index in [1.807, 2.05) is 25.2 Å². The molecule has 5 aromatic carbocycles. The van der Waals surface area contributed by atoms with Gasteiger partial charge in [0.15, 0.2) is 0 Å². The van der Waals surface area contributed by atoms with E-state index in [2.05, 4.69) is 122 Å². The number of fused-ring (bicyclic) bond motifs is 6. The minimum Gasteiger partial charge on any atom is -0.135 e. The molecule has 1 heteroatoms. The summed E-state index contributed by atoms with van der Waals surface area (Å²) in [6.07, 6.45) is 0. The molecule has 1 aromatic heterocycles. The first-order chi connectivity index (χ1) is 17.2. The fourth-order valence-electron chi connectivity index (χ4n) is 5.74. The van der Waals surface area contributed by atoms with Crippen LogP contribution in [0, 0.1) is 0 Å². The van der Waals surface area contributed by atoms with E-state index < -0.39 is 0 Å². The van der Waals surface area contributed by atoms with Crippen LogP contribution in [0.3, 0.4) is 0 Å². The van der Waals surface area contributed by atoms with Crippen molar-refractivity contribution in [2.45, 2.75) is 26.2 Å². The van der Waals surface area contributed by atoms with E-state index in [9.17, 15) is 0 Å². The van der Waals surface area contributed by atoms with Crippen molar-refractivity contribution in [2.24, 2.45) is 0 Å². The molecule has 0 amide bonds. The number of benzene rings is 5. The Kier molecular flexibility index (Phi) is 5.31. The van der Waals surface area contributed by atoms with Gasteiger partial charge in [-0.15, -0.1) is 11.3 Å². The first kappa shape index (κ1) is 21.8. The summed E-state index contributed by atoms with van der Waals surface area (Å²) in [5.41, 5.74) is 9.27. The summed E-state index contributed by atoms with van der Waals surface area (Å²) >= 11 is 1.90. The molecule has 170 valence electrons. The first-order valence-corrected chi connectivity index (χ1v) is 13.3. The topological polar surface area (TPSA) is 0 Å². The molecule has 0 spiro atoms. The van der Waals surface area contributed by atoms with Crippen LogP contribution >= 0.6 is 11.3 Å². The van der Waals surface area contributed by atoms with Crippen molar-refractivity contribution < 1.29 is 0 Å². The van der Waals surface area contributed by atoms with Gasteiger partial charge in [0.2, 0.25) is 0 Å². The lowest BCUT2D eigenvalue weighted by Gasteiger charge is -2.28. The number of hydrogen-bond acceptors (Lipinski definition) is 1. The molecule has 0 nitrogen and oxygen atoms in total. The van der Waals surface area contributed by atoms with Gasteiger partial charge in [-0.3, -0.25) is 0 Å². The van der Waals surface area contributed by atoms with E-state index in [0.717, 1.165) is 0 Å². The third-order valence-electron chi connectivity index (χ3n) is 7.38. The summed E-state index contributed by atoms with van der Waals surface area (Å²) < 4.78 is 2.72. The normalized spacial score (nSPS) is 13.2. The summed E-state index contributed by atoms with van der Waals surface area (Å²) in [4.78, 5) is 0. The van der Waals surface area contributed by atoms with Crippen molar-refractivity contribution in [1.29, 1.82) is 0 Å². The van der Waals surface area contributed by atoms with E-state index in [0.29, 0.717) is 0 Å². The summed E-state index contributed by atoms with van der Waals surface area (Å²) in [6.45, 7) is 6.39. The van der Waals surface area contributed by atoms with Crippen LogP contribution in [-0.4, -0.2) is 0 Å². The summed E-state index contributed by atoms with van der Waals surface area (Å²) in [7, 11) is 0. The highest BCUT2D eigenvalue weighted by Gasteiger charge is 2.40. The zero-order valence-corrected chi connectivity index (χ0v) is 21.2. The van der Waals surface area contributed by atoms with Crippen LogP contribution in [0.2, 0.25) is 0 Å². The summed E-state index contributed by atoms with van der Waals surface area (Å²) in [5.74, 6) is 0. The Morgan fingerprint density at radius 3 is 1.86 bits per heavy atom. The average molecular weight is 469 g/mol. The molecule has 0 radical (unpaired) electrons. The molecule has 0 unspecified atom stereocenters. The Balaban J connectivity index is 0.00000112. The van der Waals surface area contributed by atoms with Gasteiger partial charge in [-0.1, -0.05) is 117 Å². The Morgan fingerprint density at radius 1 is 0.543 bits per heavy atom. The van der Waals surface area contributed by atoms with Crippen molar-refractivity contribution in [3.05, 3.63) is 132 Å². The third kappa shape index (κ3) is 3.19. The lowest BCUT2D eigenvalue weighted by Crippen LogP contribution is -2.22. The second-order valence-electron chi connectivity index (χ2n) is 9.08. The van der Waals surface area contributed by atoms with Crippen LogP contribution in [0.4, 0.5) is 0 Å². The zero-order valence-electron chi connectivity index (χ0n) is 20.4. The molecule has 0 aliphatic heterocycles. The van der Waals surface area contributed by atoms with E-state index in [1.165, 1.54) is 59.1 Å². The van der Waals surface area contributed by atoms with Crippen LogP contribution in [-0.2, 0) is 5.41 Å². The smallest absolute Gasteiger partial charge is 0.0435 e. The van der Waals surface area contributed by atoms with Crippen molar-refractivity contribution in [2.75, 3.05) is 0 Å². The monoisotopic (exact) mass is 468 g/mol. The second-order valence-corrected chi connectivity index (χ2v) is 10.1. The predicted molar refractivity (Wildman–Crippen MR) is 154 cm³/mol. The first-order valence-electron chi connectivity index (χ1n) is 12.5. The van der Waals surface area contributed by atoms with Crippen molar-refractivity contribution in [1.82, 2.24) is 0 Å². The van der Waals surface area contributed by atoms with Crippen LogP contribution in [0.1, 0.15) is 37.5 Å². The number of rotatable bonds is 2. The van der Waals surface area contributed by atoms with Gasteiger partial charge in [-0.25, -0.2) is 0 Å². The molecule has 1 aliphatic rings. The van der Waals surface area contributed by atoms with E-state index in [4.69, 9.17) is 0 Å². The van der Waals surface area contributed by atoms with Gasteiger partial charge in [-0.2, -0.15) is 0 Å². The minimum absolute atomic E-state index is 0.169. The van der Waals surface area contributed by atoms with Crippen LogP contribution in [0.25, 0.3) is 42.4 Å². The van der Waals surface area contributed by atoms with Crippen LogP contribution in [0.5, 0.6) is 0 Å². The lowest BCUT2D eigenvalue weighted by molar-refractivity contribution is 0.714. The van der Waals surface area contributed by atoms with Crippen molar-refractivity contribution >= 4 is 31.5 Å². The van der Waals surface area contributed by atoms with Crippen molar-refractivity contribution in [3.63, 3.8) is 0 Å². The number of hydrogen-bond donors (Lipinski definition) is 0. The van der Waals surface area contributed by atoms with Gasteiger partial charge < -0.3 is 0 Å². The summed E-state index contributed by atoms with van der Waals surface area (Å²) in [6, 6.07) is 42.4. The van der Waals surface area contributed by atoms with Gasteiger partial charge in [0.1, 0.15) is 0 Å². The molecule has 7 rings (SSSR count). The van der Waals surface area contributed by atoms with E-state index >= 15 is 0 Å². The molecular weight excluding hydrogens is 440 g/mol. The molecule has 0 fully saturated rings. The molecule has 0 saturated carbocycles. The Hall–Kier alpha value is -3.68. The molecule has 6 aromatic rings. The zero-order chi connectivity index (χ0) is 24.0. The highest BCUT2D eigenvalue weighted by atomic mass is 32.1. The highest BCUT2D eigenvalue weighted by molar-refractivity contribution is 7.26. The SMILES string of the molecule is CC.CC1(c2cccc(-c3cccc4c3sc3ccccc34)c2)c2ccccc2-c2ccccc21. The maximum atomic E-state index is 2.41. The van der Waals surface area contributed by atoms with E-state index in [1.54, 1.807) is 0 Å². The van der Waals surface area contributed by atoms with Gasteiger partial charge in [0, 0.05) is 25.6 Å². The van der Waals surface area contributed by atoms with Crippen LogP contribution in [0.15, 0.2) is 115 Å². The molecule has 0 atom stereocenters. The molecule has 0 saturated heterocycles. The summed E-state index contributed by atoms with van der Waals surface area (Å²) in [5, 5.41) is 2.70. The Morgan fingerprint density at radius 2 is 1.11 bits per heavy atom. The third-order valence-corrected chi connectivity index (χ3v) is 8.60. The standard InChI is InChI=1S/C32H22S.C2H6/c1-32(28-17-5-2-12-24(28)25-13-3-6-18-29(25)32)22-11-8-10-21(20-22)23-15-9-16-27-26-14-4-7-19-30(26)33-31(23)27;1-2/h2-20H,1H3;1-2H3. The quantitative estimate of drug-likeness (QED) is 0.237. The average Bonchev–Trinajstić information content (AvgIpc) is 3.44. The molecule has 35 heavy (non-hydrogen) atoms. The molecule has 0 N–H and O–H groups in total. The minimum atomic E-state index is -0.169. The fraction of sp³-hybridized carbons (Fsp3) is 0.118. The lowest BCUT2D eigenvalue weighted by atomic mass is 9.74.